The molecule has 2 aromatic rings. The number of carbonyl (C=O) groups excluding carboxylic acids is 2. The van der Waals surface area contributed by atoms with Gasteiger partial charge < -0.3 is 20.3 Å². The topological polar surface area (TPSA) is 140 Å². The van der Waals surface area contributed by atoms with Gasteiger partial charge in [0.15, 0.2) is 23.2 Å². The Morgan fingerprint density at radius 3 is 2.12 bits per heavy atom. The molecule has 0 bridgehead atoms. The average molecular weight is 568 g/mol. The number of ether oxygens (including phenoxy) is 2. The summed E-state index contributed by atoms with van der Waals surface area (Å²) >= 11 is 0. The Hall–Kier alpha value is -4.09. The summed E-state index contributed by atoms with van der Waals surface area (Å²) in [4.78, 5) is 38.7. The third-order valence-corrected chi connectivity index (χ3v) is 5.47. The van der Waals surface area contributed by atoms with E-state index in [2.05, 4.69) is 24.2 Å². The lowest BCUT2D eigenvalue weighted by molar-refractivity contribution is -0.192. The molecular formula is C28H36F3N3O6. The van der Waals surface area contributed by atoms with E-state index in [0.717, 1.165) is 24.0 Å². The first kappa shape index (κ1) is 33.9. The molecule has 0 heterocycles. The molecule has 0 spiro atoms. The zero-order chi connectivity index (χ0) is 30.3. The molecule has 0 radical (unpaired) electrons. The molecule has 9 nitrogen and oxygen atoms in total. The Balaban J connectivity index is 0.00000101. The Bertz CT molecular complexity index is 1140. The number of carboxylic acid groups (broad SMARTS) is 1. The summed E-state index contributed by atoms with van der Waals surface area (Å²) in [6.07, 6.45) is -2.34. The van der Waals surface area contributed by atoms with Gasteiger partial charge in [-0.1, -0.05) is 56.7 Å². The fraction of sp³-hybridized carbons (Fsp3) is 0.429. The molecule has 40 heavy (non-hydrogen) atoms. The lowest BCUT2D eigenvalue weighted by Gasteiger charge is -2.14. The zero-order valence-electron chi connectivity index (χ0n) is 23.0. The molecule has 0 saturated heterocycles. The van der Waals surface area contributed by atoms with Crippen LogP contribution in [-0.2, 0) is 27.2 Å². The zero-order valence-corrected chi connectivity index (χ0v) is 23.0. The molecule has 1 atom stereocenters. The number of guanidine groups is 1. The number of Topliss-reactive ketones (excluding diaryl/α,β-unsaturated/α-hetero) is 1. The predicted octanol–water partition coefficient (Wildman–Crippen LogP) is 4.32. The van der Waals surface area contributed by atoms with Crippen LogP contribution >= 0.6 is 0 Å². The molecule has 220 valence electrons. The number of nitrogens with zero attached hydrogens (tertiary/aromatic N) is 1. The number of carboxylic acids is 1. The summed E-state index contributed by atoms with van der Waals surface area (Å²) in [7, 11) is 3.09. The molecule has 4 N–H and O–H groups in total. The summed E-state index contributed by atoms with van der Waals surface area (Å²) in [5, 5.41) is 9.73. The monoisotopic (exact) mass is 567 g/mol. The highest BCUT2D eigenvalue weighted by Gasteiger charge is 2.38. The number of nitrogens with two attached hydrogens (primary N) is 1. The third kappa shape index (κ3) is 13.1. The molecule has 0 aliphatic heterocycles. The molecule has 2 rings (SSSR count). The van der Waals surface area contributed by atoms with E-state index < -0.39 is 18.2 Å². The summed E-state index contributed by atoms with van der Waals surface area (Å²) in [5.74, 6) is -1.45. The molecule has 0 aromatic heterocycles. The van der Waals surface area contributed by atoms with E-state index in [1.165, 1.54) is 7.11 Å². The summed E-state index contributed by atoms with van der Waals surface area (Å²) < 4.78 is 42.2. The van der Waals surface area contributed by atoms with Crippen LogP contribution in [0.5, 0.6) is 11.5 Å². The van der Waals surface area contributed by atoms with E-state index >= 15 is 0 Å². The SMILES string of the molecule is COc1ccc(CC(=O)NC(N)=N[C@H](Cc2ccccc2)C(=O)CCCC(C)C)cc1OC.O=C(O)C(F)(F)F. The van der Waals surface area contributed by atoms with Crippen LogP contribution in [0, 0.1) is 5.92 Å². The highest BCUT2D eigenvalue weighted by Crippen LogP contribution is 2.27. The fourth-order valence-electron chi connectivity index (χ4n) is 3.48. The van der Waals surface area contributed by atoms with Gasteiger partial charge in [0.1, 0.15) is 6.04 Å². The number of ketones is 1. The van der Waals surface area contributed by atoms with Gasteiger partial charge in [0.25, 0.3) is 0 Å². The van der Waals surface area contributed by atoms with E-state index in [4.69, 9.17) is 25.1 Å². The van der Waals surface area contributed by atoms with Crippen molar-refractivity contribution >= 4 is 23.6 Å². The minimum absolute atomic E-state index is 0.0246. The highest BCUT2D eigenvalue weighted by atomic mass is 19.4. The van der Waals surface area contributed by atoms with Crippen molar-refractivity contribution in [3.05, 3.63) is 59.7 Å². The van der Waals surface area contributed by atoms with Gasteiger partial charge in [-0.3, -0.25) is 14.9 Å². The van der Waals surface area contributed by atoms with Crippen LogP contribution in [0.3, 0.4) is 0 Å². The van der Waals surface area contributed by atoms with Crippen LogP contribution in [0.15, 0.2) is 53.5 Å². The van der Waals surface area contributed by atoms with Crippen LogP contribution in [-0.4, -0.2) is 55.2 Å². The first-order valence-corrected chi connectivity index (χ1v) is 12.5. The number of amides is 1. The number of methoxy groups -OCH3 is 2. The van der Waals surface area contributed by atoms with Crippen molar-refractivity contribution in [2.45, 2.75) is 58.2 Å². The van der Waals surface area contributed by atoms with Crippen molar-refractivity contribution in [2.24, 2.45) is 16.6 Å². The fourth-order valence-corrected chi connectivity index (χ4v) is 3.48. The summed E-state index contributed by atoms with van der Waals surface area (Å²) in [5.41, 5.74) is 7.75. The minimum atomic E-state index is -5.08. The number of carbonyl (C=O) groups is 3. The molecule has 0 unspecified atom stereocenters. The number of hydrogen-bond acceptors (Lipinski definition) is 6. The number of nitrogens with one attached hydrogen (secondary N) is 1. The maximum absolute atomic E-state index is 12.9. The van der Waals surface area contributed by atoms with Gasteiger partial charge in [0.2, 0.25) is 5.91 Å². The third-order valence-electron chi connectivity index (χ3n) is 5.47. The number of aliphatic carboxylic acids is 1. The molecule has 0 aliphatic carbocycles. The second-order valence-electron chi connectivity index (χ2n) is 9.19. The second-order valence-corrected chi connectivity index (χ2v) is 9.19. The van der Waals surface area contributed by atoms with Gasteiger partial charge in [-0.05, 0) is 35.6 Å². The average Bonchev–Trinajstić information content (AvgIpc) is 2.88. The molecular weight excluding hydrogens is 531 g/mol. The lowest BCUT2D eigenvalue weighted by atomic mass is 9.97. The van der Waals surface area contributed by atoms with Crippen LogP contribution in [0.4, 0.5) is 13.2 Å². The van der Waals surface area contributed by atoms with Gasteiger partial charge in [-0.15, -0.1) is 0 Å². The van der Waals surface area contributed by atoms with Crippen molar-refractivity contribution in [3.8, 4) is 11.5 Å². The summed E-state index contributed by atoms with van der Waals surface area (Å²) in [6.45, 7) is 4.27. The maximum atomic E-state index is 12.9. The Kier molecular flexibility index (Phi) is 14.2. The van der Waals surface area contributed by atoms with E-state index in [1.54, 1.807) is 25.3 Å². The molecule has 0 aliphatic rings. The number of halogens is 3. The predicted molar refractivity (Wildman–Crippen MR) is 144 cm³/mol. The van der Waals surface area contributed by atoms with E-state index in [-0.39, 0.29) is 24.1 Å². The number of hydrogen-bond donors (Lipinski definition) is 3. The van der Waals surface area contributed by atoms with Crippen molar-refractivity contribution in [3.63, 3.8) is 0 Å². The van der Waals surface area contributed by atoms with Gasteiger partial charge in [-0.2, -0.15) is 13.2 Å². The Morgan fingerprint density at radius 2 is 1.60 bits per heavy atom. The highest BCUT2D eigenvalue weighted by molar-refractivity contribution is 5.98. The standard InChI is InChI=1S/C26H35N3O4.C2HF3O2/c1-18(2)9-8-12-22(30)21(15-19-10-6-5-7-11-19)28-26(27)29-25(31)17-20-13-14-23(32-3)24(16-20)33-4;3-2(4,5)1(6)7/h5-7,10-11,13-14,16,18,21H,8-9,12,15,17H2,1-4H3,(H3,27,28,29,31);(H,6,7)/t21-;/m1./s1. The van der Waals surface area contributed by atoms with E-state index in [1.807, 2.05) is 30.3 Å². The summed E-state index contributed by atoms with van der Waals surface area (Å²) in [6, 6.07) is 14.3. The number of rotatable bonds is 12. The lowest BCUT2D eigenvalue weighted by Crippen LogP contribution is -2.39. The van der Waals surface area contributed by atoms with Crippen molar-refractivity contribution in [1.29, 1.82) is 0 Å². The van der Waals surface area contributed by atoms with Crippen molar-refractivity contribution in [2.75, 3.05) is 14.2 Å². The van der Waals surface area contributed by atoms with Crippen molar-refractivity contribution in [1.82, 2.24) is 5.32 Å². The smallest absolute Gasteiger partial charge is 0.490 e. The quantitative estimate of drug-likeness (QED) is 0.256. The van der Waals surface area contributed by atoms with Crippen LogP contribution in [0.1, 0.15) is 44.2 Å². The molecule has 2 aromatic carbocycles. The van der Waals surface area contributed by atoms with Crippen LogP contribution in [0.25, 0.3) is 0 Å². The van der Waals surface area contributed by atoms with E-state index in [0.29, 0.717) is 30.3 Å². The molecule has 0 saturated carbocycles. The Labute approximate surface area is 231 Å². The number of benzene rings is 2. The van der Waals surface area contributed by atoms with Gasteiger partial charge in [0, 0.05) is 12.8 Å². The largest absolute Gasteiger partial charge is 0.493 e. The van der Waals surface area contributed by atoms with Crippen LogP contribution < -0.4 is 20.5 Å². The van der Waals surface area contributed by atoms with Crippen molar-refractivity contribution < 1.29 is 42.1 Å². The van der Waals surface area contributed by atoms with Gasteiger partial charge in [0.05, 0.1) is 20.6 Å². The first-order valence-electron chi connectivity index (χ1n) is 12.5. The first-order chi connectivity index (χ1) is 18.8. The molecule has 0 fully saturated rings. The van der Waals surface area contributed by atoms with E-state index in [9.17, 15) is 22.8 Å². The molecule has 1 amide bonds. The number of aliphatic imine (C=N–C) groups is 1. The number of alkyl halides is 3. The van der Waals surface area contributed by atoms with Gasteiger partial charge >= 0.3 is 12.1 Å². The second kappa shape index (κ2) is 16.8. The van der Waals surface area contributed by atoms with Crippen LogP contribution in [0.2, 0.25) is 0 Å². The minimum Gasteiger partial charge on any atom is -0.493 e. The normalized spacial score (nSPS) is 12.2. The Morgan fingerprint density at radius 1 is 1.00 bits per heavy atom. The molecule has 12 heteroatoms. The maximum Gasteiger partial charge on any atom is 0.490 e. The van der Waals surface area contributed by atoms with Gasteiger partial charge in [-0.25, -0.2) is 9.79 Å².